The van der Waals surface area contributed by atoms with E-state index >= 15 is 0 Å². The van der Waals surface area contributed by atoms with Crippen LogP contribution in [0.15, 0.2) is 101 Å². The molecule has 1 aliphatic rings. The maximum absolute atomic E-state index is 14.2. The van der Waals surface area contributed by atoms with Gasteiger partial charge in [-0.2, -0.15) is 0 Å². The zero-order valence-corrected chi connectivity index (χ0v) is 28.1. The molecule has 0 saturated carbocycles. The first-order valence-electron chi connectivity index (χ1n) is 13.7. The van der Waals surface area contributed by atoms with Crippen LogP contribution in [0.25, 0.3) is 11.8 Å². The number of carbonyl (C=O) groups excluding carboxylic acids is 1. The van der Waals surface area contributed by atoms with E-state index in [0.717, 1.165) is 5.69 Å². The van der Waals surface area contributed by atoms with Gasteiger partial charge in [0.2, 0.25) is 0 Å². The summed E-state index contributed by atoms with van der Waals surface area (Å²) in [5, 5.41) is 1.49. The van der Waals surface area contributed by atoms with Crippen LogP contribution in [0.5, 0.6) is 5.75 Å². The highest BCUT2D eigenvalue weighted by molar-refractivity contribution is 9.10. The molecule has 9 nitrogen and oxygen atoms in total. The Balaban J connectivity index is 1.56. The van der Waals surface area contributed by atoms with E-state index in [4.69, 9.17) is 30.5 Å². The number of hydrogen-bond acceptors (Lipinski definition) is 10. The molecule has 0 aliphatic carbocycles. The van der Waals surface area contributed by atoms with Crippen LogP contribution in [-0.2, 0) is 9.53 Å². The summed E-state index contributed by atoms with van der Waals surface area (Å²) in [6.07, 6.45) is 3.33. The lowest BCUT2D eigenvalue weighted by Crippen LogP contribution is -2.40. The minimum Gasteiger partial charge on any atom is -0.496 e. The van der Waals surface area contributed by atoms with E-state index < -0.39 is 12.0 Å². The number of carbonyl (C=O) groups is 1. The van der Waals surface area contributed by atoms with Crippen LogP contribution in [0, 0.1) is 6.92 Å². The van der Waals surface area contributed by atoms with Crippen molar-refractivity contribution in [3.8, 4) is 5.75 Å². The average molecular weight is 724 g/mol. The number of thiazole rings is 1. The lowest BCUT2D eigenvalue weighted by atomic mass is 9.92. The number of aromatic nitrogens is 3. The molecule has 0 bridgehead atoms. The molecule has 0 radical (unpaired) electrons. The number of nitrogens with zero attached hydrogens (tertiary/aromatic N) is 4. The predicted molar refractivity (Wildman–Crippen MR) is 176 cm³/mol. The zero-order valence-electron chi connectivity index (χ0n) is 24.1. The van der Waals surface area contributed by atoms with Gasteiger partial charge in [-0.1, -0.05) is 53.3 Å². The lowest BCUT2D eigenvalue weighted by molar-refractivity contribution is -0.138. The van der Waals surface area contributed by atoms with Gasteiger partial charge in [0, 0.05) is 34.1 Å². The third-order valence-corrected chi connectivity index (χ3v) is 9.70. The number of fused-ring (bicyclic) bond motifs is 1. The molecule has 5 aromatic rings. The number of rotatable bonds is 8. The van der Waals surface area contributed by atoms with Gasteiger partial charge in [-0.05, 0) is 71.9 Å². The van der Waals surface area contributed by atoms with Crippen molar-refractivity contribution in [1.82, 2.24) is 14.5 Å². The number of methoxy groups -OCH3 is 1. The standard InChI is InChI=1S/C32H24BrClN4O5S2/c1-4-42-29(40)25-26(18-8-6-5-7-9-18)37-32-38(27(25)21-14-19(34)10-11-23(21)41-3)28(39)24(44-32)16-20-15-22(33)30(43-20)45-31-35-13-12-17(2)36-31/h5-16,27H,4H2,1-3H3/b24-16-/t27-/m0/s1. The number of furan rings is 1. The highest BCUT2D eigenvalue weighted by Gasteiger charge is 2.37. The molecular formula is C32H24BrClN4O5S2. The first kappa shape index (κ1) is 31.0. The van der Waals surface area contributed by atoms with Gasteiger partial charge in [0.15, 0.2) is 15.1 Å². The summed E-state index contributed by atoms with van der Waals surface area (Å²) in [7, 11) is 1.52. The highest BCUT2D eigenvalue weighted by Crippen LogP contribution is 2.40. The summed E-state index contributed by atoms with van der Waals surface area (Å²) in [6, 6.07) is 17.0. The number of esters is 1. The van der Waals surface area contributed by atoms with Crippen molar-refractivity contribution in [3.63, 3.8) is 0 Å². The largest absolute Gasteiger partial charge is 0.496 e. The Bertz CT molecular complexity index is 2140. The van der Waals surface area contributed by atoms with Crippen molar-refractivity contribution < 1.29 is 18.7 Å². The fourth-order valence-electron chi connectivity index (χ4n) is 4.85. The Morgan fingerprint density at radius 3 is 2.73 bits per heavy atom. The van der Waals surface area contributed by atoms with Crippen molar-refractivity contribution in [2.24, 2.45) is 4.99 Å². The Kier molecular flexibility index (Phi) is 9.09. The van der Waals surface area contributed by atoms with Gasteiger partial charge >= 0.3 is 5.97 Å². The molecule has 13 heteroatoms. The topological polar surface area (TPSA) is 109 Å². The fraction of sp³-hybridized carbons (Fsp3) is 0.156. The van der Waals surface area contributed by atoms with Crippen LogP contribution in [-0.4, -0.2) is 34.2 Å². The van der Waals surface area contributed by atoms with Crippen molar-refractivity contribution in [3.05, 3.63) is 124 Å². The maximum atomic E-state index is 14.2. The molecule has 0 N–H and O–H groups in total. The second kappa shape index (κ2) is 13.2. The molecule has 1 atom stereocenters. The molecule has 3 aromatic heterocycles. The van der Waals surface area contributed by atoms with Gasteiger partial charge in [-0.25, -0.2) is 19.8 Å². The van der Waals surface area contributed by atoms with Gasteiger partial charge in [-0.3, -0.25) is 9.36 Å². The van der Waals surface area contributed by atoms with Gasteiger partial charge < -0.3 is 13.9 Å². The molecular weight excluding hydrogens is 700 g/mol. The van der Waals surface area contributed by atoms with Crippen molar-refractivity contribution in [1.29, 1.82) is 0 Å². The summed E-state index contributed by atoms with van der Waals surface area (Å²) in [4.78, 5) is 41.9. The summed E-state index contributed by atoms with van der Waals surface area (Å²) >= 11 is 12.5. The fourth-order valence-corrected chi connectivity index (χ4v) is 7.32. The highest BCUT2D eigenvalue weighted by atomic mass is 79.9. The van der Waals surface area contributed by atoms with Crippen LogP contribution in [0.2, 0.25) is 5.02 Å². The third-order valence-electron chi connectivity index (χ3n) is 6.76. The normalized spacial score (nSPS) is 14.7. The summed E-state index contributed by atoms with van der Waals surface area (Å²) < 4.78 is 19.8. The number of ether oxygens (including phenoxy) is 2. The summed E-state index contributed by atoms with van der Waals surface area (Å²) in [5.74, 6) is 0.286. The SMILES string of the molecule is CCOC(=O)C1=C(c2ccccc2)N=c2s/c(=C\c3cc(Br)c(Sc4nccc(C)n4)o3)c(=O)n2[C@H]1c1cc(Cl)ccc1OC. The molecule has 0 amide bonds. The van der Waals surface area contributed by atoms with Crippen LogP contribution in [0.1, 0.15) is 35.5 Å². The van der Waals surface area contributed by atoms with E-state index in [1.54, 1.807) is 43.5 Å². The molecule has 0 fully saturated rings. The Morgan fingerprint density at radius 1 is 1.20 bits per heavy atom. The predicted octanol–water partition coefficient (Wildman–Crippen LogP) is 6.20. The third kappa shape index (κ3) is 6.28. The van der Waals surface area contributed by atoms with E-state index in [1.807, 2.05) is 43.3 Å². The number of hydrogen-bond donors (Lipinski definition) is 0. The summed E-state index contributed by atoms with van der Waals surface area (Å²) in [6.45, 7) is 3.75. The van der Waals surface area contributed by atoms with E-state index in [1.165, 1.54) is 34.8 Å². The van der Waals surface area contributed by atoms with E-state index in [2.05, 4.69) is 25.9 Å². The molecule has 0 saturated heterocycles. The number of halogens is 2. The maximum Gasteiger partial charge on any atom is 0.338 e. The van der Waals surface area contributed by atoms with Crippen molar-refractivity contribution >= 4 is 68.4 Å². The first-order valence-corrected chi connectivity index (χ1v) is 16.5. The van der Waals surface area contributed by atoms with Crippen molar-refractivity contribution in [2.75, 3.05) is 13.7 Å². The van der Waals surface area contributed by atoms with E-state index in [0.29, 0.717) is 57.4 Å². The van der Waals surface area contributed by atoms with Crippen molar-refractivity contribution in [2.45, 2.75) is 30.1 Å². The molecule has 0 spiro atoms. The second-order valence-electron chi connectivity index (χ2n) is 9.68. The number of aryl methyl sites for hydroxylation is 1. The lowest BCUT2D eigenvalue weighted by Gasteiger charge is -2.27. The Morgan fingerprint density at radius 2 is 2.00 bits per heavy atom. The molecule has 1 aliphatic heterocycles. The van der Waals surface area contributed by atoms with Crippen LogP contribution >= 0.6 is 50.6 Å². The Hall–Kier alpha value is -3.97. The molecule has 228 valence electrons. The quantitative estimate of drug-likeness (QED) is 0.138. The van der Waals surface area contributed by atoms with Gasteiger partial charge in [0.25, 0.3) is 5.56 Å². The van der Waals surface area contributed by atoms with Crippen LogP contribution in [0.3, 0.4) is 0 Å². The van der Waals surface area contributed by atoms with Crippen LogP contribution < -0.4 is 19.6 Å². The second-order valence-corrected chi connectivity index (χ2v) is 12.9. The molecule has 6 rings (SSSR count). The first-order chi connectivity index (χ1) is 21.8. The average Bonchev–Trinajstić information content (AvgIpc) is 3.53. The molecule has 45 heavy (non-hydrogen) atoms. The monoisotopic (exact) mass is 722 g/mol. The van der Waals surface area contributed by atoms with Gasteiger partial charge in [0.1, 0.15) is 17.6 Å². The molecule has 2 aromatic carbocycles. The minimum absolute atomic E-state index is 0.134. The van der Waals surface area contributed by atoms with Gasteiger partial charge in [-0.15, -0.1) is 0 Å². The zero-order chi connectivity index (χ0) is 31.7. The summed E-state index contributed by atoms with van der Waals surface area (Å²) in [5.41, 5.74) is 2.26. The molecule has 4 heterocycles. The Labute approximate surface area is 279 Å². The smallest absolute Gasteiger partial charge is 0.338 e. The molecule has 0 unspecified atom stereocenters. The van der Waals surface area contributed by atoms with Gasteiger partial charge in [0.05, 0.1) is 34.0 Å². The minimum atomic E-state index is -0.945. The van der Waals surface area contributed by atoms with Crippen LogP contribution in [0.4, 0.5) is 0 Å². The number of benzene rings is 2. The van der Waals surface area contributed by atoms with E-state index in [-0.39, 0.29) is 17.7 Å². The van der Waals surface area contributed by atoms with E-state index in [9.17, 15) is 9.59 Å².